The average Bonchev–Trinajstić information content (AvgIpc) is 2.78. The van der Waals surface area contributed by atoms with Gasteiger partial charge in [-0.2, -0.15) is 13.2 Å². The van der Waals surface area contributed by atoms with E-state index < -0.39 is 56.9 Å². The summed E-state index contributed by atoms with van der Waals surface area (Å²) in [4.78, 5) is 36.0. The number of amides is 1. The van der Waals surface area contributed by atoms with Crippen molar-refractivity contribution in [2.24, 2.45) is 0 Å². The molecule has 0 radical (unpaired) electrons. The second-order valence-electron chi connectivity index (χ2n) is 8.12. The minimum atomic E-state index is -4.47. The van der Waals surface area contributed by atoms with Crippen LogP contribution in [0.2, 0.25) is 0 Å². The predicted molar refractivity (Wildman–Crippen MR) is 111 cm³/mol. The molecule has 1 heterocycles. The molecule has 13 heteroatoms. The largest absolute Gasteiger partial charge is 0.547 e. The molecule has 1 aromatic carbocycles. The summed E-state index contributed by atoms with van der Waals surface area (Å²) in [5.74, 6) is -2.77. The molecule has 0 bridgehead atoms. The van der Waals surface area contributed by atoms with Gasteiger partial charge in [0, 0.05) is 6.42 Å². The molecule has 1 aromatic rings. The zero-order valence-electron chi connectivity index (χ0n) is 18.3. The van der Waals surface area contributed by atoms with Crippen LogP contribution >= 0.6 is 0 Å². The van der Waals surface area contributed by atoms with Crippen molar-refractivity contribution >= 4 is 25.2 Å². The smallest absolute Gasteiger partial charge is 0.534 e. The number of nitrogens with one attached hydrogen (secondary N) is 1. The number of carbonyl (C=O) groups is 3. The van der Waals surface area contributed by atoms with Crippen molar-refractivity contribution in [3.05, 3.63) is 29.3 Å². The lowest BCUT2D eigenvalue weighted by molar-refractivity contribution is -0.144. The monoisotopic (exact) mass is 487 g/mol. The average molecular weight is 487 g/mol. The number of fused-ring (bicyclic) bond motifs is 1. The topological polar surface area (TPSA) is 120 Å². The molecule has 9 nitrogen and oxygen atoms in total. The summed E-state index contributed by atoms with van der Waals surface area (Å²) in [7, 11) is -1.60. The fraction of sp³-hybridized carbons (Fsp3) is 0.571. The van der Waals surface area contributed by atoms with Gasteiger partial charge in [-0.25, -0.2) is 9.59 Å². The molecule has 1 fully saturated rings. The summed E-state index contributed by atoms with van der Waals surface area (Å²) in [6.45, 7) is -0.686. The van der Waals surface area contributed by atoms with Gasteiger partial charge >= 0.3 is 25.4 Å². The first-order chi connectivity index (χ1) is 16.1. The van der Waals surface area contributed by atoms with Gasteiger partial charge in [0.2, 0.25) is 12.7 Å². The highest BCUT2D eigenvalue weighted by Gasteiger charge is 2.38. The summed E-state index contributed by atoms with van der Waals surface area (Å²) in [6, 6.07) is 4.46. The number of halogens is 3. The molecule has 2 aliphatic rings. The Balaban J connectivity index is 1.51. The van der Waals surface area contributed by atoms with Crippen LogP contribution < -0.4 is 9.97 Å². The Morgan fingerprint density at radius 2 is 1.88 bits per heavy atom. The Bertz CT molecular complexity index is 891. The van der Waals surface area contributed by atoms with E-state index in [1.165, 1.54) is 12.1 Å². The zero-order valence-corrected chi connectivity index (χ0v) is 18.3. The van der Waals surface area contributed by atoms with E-state index in [1.807, 2.05) is 0 Å². The van der Waals surface area contributed by atoms with Crippen molar-refractivity contribution in [1.29, 1.82) is 0 Å². The van der Waals surface area contributed by atoms with E-state index in [4.69, 9.17) is 18.9 Å². The van der Waals surface area contributed by atoms with E-state index in [9.17, 15) is 32.6 Å². The Hall–Kier alpha value is -2.96. The minimum absolute atomic E-state index is 0.00516. The summed E-state index contributed by atoms with van der Waals surface area (Å²) in [5, 5.41) is 12.5. The third-order valence-corrected chi connectivity index (χ3v) is 5.50. The van der Waals surface area contributed by atoms with E-state index in [2.05, 4.69) is 5.32 Å². The molecule has 0 saturated heterocycles. The van der Waals surface area contributed by atoms with Crippen LogP contribution in [0.5, 0.6) is 5.75 Å². The lowest BCUT2D eigenvalue weighted by Gasteiger charge is -2.29. The highest BCUT2D eigenvalue weighted by Crippen LogP contribution is 2.31. The van der Waals surface area contributed by atoms with Gasteiger partial charge in [-0.05, 0) is 43.7 Å². The third-order valence-electron chi connectivity index (χ3n) is 5.50. The normalized spacial score (nSPS) is 18.4. The number of hydrogen-bond donors (Lipinski definition) is 2. The second kappa shape index (κ2) is 11.5. The highest BCUT2D eigenvalue weighted by molar-refractivity contribution is 6.47. The van der Waals surface area contributed by atoms with Crippen LogP contribution in [0.3, 0.4) is 0 Å². The van der Waals surface area contributed by atoms with Crippen molar-refractivity contribution in [1.82, 2.24) is 5.32 Å². The van der Waals surface area contributed by atoms with Crippen LogP contribution in [0.25, 0.3) is 0 Å². The molecular weight excluding hydrogens is 462 g/mol. The first-order valence-corrected chi connectivity index (χ1v) is 11.0. The Labute approximate surface area is 194 Å². The molecule has 1 aliphatic carbocycles. The molecule has 0 spiro atoms. The number of rotatable bonds is 7. The molecule has 1 aliphatic heterocycles. The maximum absolute atomic E-state index is 12.4. The van der Waals surface area contributed by atoms with E-state index in [0.717, 1.165) is 32.1 Å². The molecular formula is C21H25BF3NO8. The number of benzene rings is 1. The predicted octanol–water partition coefficient (Wildman–Crippen LogP) is 3.07. The lowest BCUT2D eigenvalue weighted by Crippen LogP contribution is -2.53. The summed E-state index contributed by atoms with van der Waals surface area (Å²) in [6.07, 6.45) is -3.14. The SMILES string of the molecule is O=C(CCC(F)(F)F)N[C@H]1Cc2cccc(C(=O)OCOC(=O)OC3CCCCC3)c2OB1O. The fourth-order valence-corrected chi connectivity index (χ4v) is 3.80. The Kier molecular flexibility index (Phi) is 8.64. The van der Waals surface area contributed by atoms with E-state index in [-0.39, 0.29) is 23.8 Å². The first kappa shape index (κ1) is 25.7. The van der Waals surface area contributed by atoms with Crippen molar-refractivity contribution in [2.45, 2.75) is 69.6 Å². The van der Waals surface area contributed by atoms with Gasteiger partial charge in [0.25, 0.3) is 0 Å². The van der Waals surface area contributed by atoms with Crippen LogP contribution in [0, 0.1) is 0 Å². The zero-order chi connectivity index (χ0) is 24.7. The van der Waals surface area contributed by atoms with Crippen LogP contribution in [0.4, 0.5) is 18.0 Å². The first-order valence-electron chi connectivity index (χ1n) is 11.0. The van der Waals surface area contributed by atoms with Crippen molar-refractivity contribution in [3.8, 4) is 5.75 Å². The van der Waals surface area contributed by atoms with Crippen LogP contribution in [0.15, 0.2) is 18.2 Å². The number of para-hydroxylation sites is 1. The molecule has 1 saturated carbocycles. The van der Waals surface area contributed by atoms with Crippen molar-refractivity contribution < 1.29 is 51.4 Å². The van der Waals surface area contributed by atoms with E-state index in [1.54, 1.807) is 6.07 Å². The summed E-state index contributed by atoms with van der Waals surface area (Å²) < 4.78 is 57.1. The lowest BCUT2D eigenvalue weighted by atomic mass is 9.72. The fourth-order valence-electron chi connectivity index (χ4n) is 3.80. The molecule has 1 atom stereocenters. The van der Waals surface area contributed by atoms with Crippen LogP contribution in [-0.4, -0.2) is 55.2 Å². The standard InChI is InChI=1S/C21H25BF3NO8/c23-21(24,25)10-9-17(27)26-16-11-13-5-4-8-15(18(13)34-22(16)30)19(28)31-12-32-20(29)33-14-6-2-1-3-7-14/h4-5,8,14,16,30H,1-3,6-7,9-12H2,(H,26,27)/t16-/m0/s1. The second-order valence-corrected chi connectivity index (χ2v) is 8.12. The van der Waals surface area contributed by atoms with Crippen LogP contribution in [0.1, 0.15) is 60.9 Å². The number of carbonyl (C=O) groups excluding carboxylic acids is 3. The number of ether oxygens (including phenoxy) is 3. The van der Waals surface area contributed by atoms with Crippen LogP contribution in [-0.2, 0) is 25.4 Å². The highest BCUT2D eigenvalue weighted by atomic mass is 19.4. The summed E-state index contributed by atoms with van der Waals surface area (Å²) >= 11 is 0. The molecule has 3 rings (SSSR count). The number of esters is 1. The molecule has 0 unspecified atom stereocenters. The third kappa shape index (κ3) is 7.54. The molecule has 1 amide bonds. The maximum atomic E-state index is 12.4. The van der Waals surface area contributed by atoms with Crippen molar-refractivity contribution in [3.63, 3.8) is 0 Å². The van der Waals surface area contributed by atoms with Gasteiger partial charge in [0.1, 0.15) is 17.4 Å². The van der Waals surface area contributed by atoms with Gasteiger partial charge in [-0.3, -0.25) is 4.79 Å². The molecule has 0 aromatic heterocycles. The molecule has 34 heavy (non-hydrogen) atoms. The van der Waals surface area contributed by atoms with Crippen molar-refractivity contribution in [2.75, 3.05) is 6.79 Å². The van der Waals surface area contributed by atoms with Gasteiger partial charge in [-0.1, -0.05) is 18.6 Å². The van der Waals surface area contributed by atoms with Gasteiger partial charge < -0.3 is 29.2 Å². The Morgan fingerprint density at radius 1 is 1.15 bits per heavy atom. The van der Waals surface area contributed by atoms with E-state index in [0.29, 0.717) is 5.56 Å². The molecule has 186 valence electrons. The van der Waals surface area contributed by atoms with Gasteiger partial charge in [-0.15, -0.1) is 0 Å². The maximum Gasteiger partial charge on any atom is 0.547 e. The molecule has 2 N–H and O–H groups in total. The van der Waals surface area contributed by atoms with E-state index >= 15 is 0 Å². The Morgan fingerprint density at radius 3 is 2.59 bits per heavy atom. The van der Waals surface area contributed by atoms with Gasteiger partial charge in [0.15, 0.2) is 0 Å². The van der Waals surface area contributed by atoms with Gasteiger partial charge in [0.05, 0.1) is 12.4 Å². The summed E-state index contributed by atoms with van der Waals surface area (Å²) in [5.41, 5.74) is 0.376. The number of hydrogen-bond acceptors (Lipinski definition) is 8. The minimum Gasteiger partial charge on any atom is -0.534 e. The quantitative estimate of drug-likeness (QED) is 0.342. The number of alkyl halides is 3.